The van der Waals surface area contributed by atoms with Crippen molar-refractivity contribution in [3.8, 4) is 22.9 Å². The van der Waals surface area contributed by atoms with E-state index in [-0.39, 0.29) is 19.0 Å². The van der Waals surface area contributed by atoms with Gasteiger partial charge in [-0.05, 0) is 37.1 Å². The van der Waals surface area contributed by atoms with Crippen LogP contribution in [0.5, 0.6) is 11.5 Å². The van der Waals surface area contributed by atoms with E-state index in [2.05, 4.69) is 16.8 Å². The zero-order valence-corrected chi connectivity index (χ0v) is 20.3. The van der Waals surface area contributed by atoms with Crippen molar-refractivity contribution >= 4 is 0 Å². The summed E-state index contributed by atoms with van der Waals surface area (Å²) in [6.45, 7) is 6.15. The van der Waals surface area contributed by atoms with Crippen molar-refractivity contribution in [2.24, 2.45) is 0 Å². The van der Waals surface area contributed by atoms with Crippen molar-refractivity contribution < 1.29 is 22.6 Å². The summed E-state index contributed by atoms with van der Waals surface area (Å²) >= 11 is 0. The molecule has 0 saturated carbocycles. The van der Waals surface area contributed by atoms with E-state index in [0.717, 1.165) is 31.2 Å². The number of ether oxygens (including phenoxy) is 2. The lowest BCUT2D eigenvalue weighted by Crippen LogP contribution is -2.27. The average Bonchev–Trinajstić information content (AvgIpc) is 3.46. The molecule has 0 atom stereocenters. The maximum Gasteiger partial charge on any atom is 0.435 e. The lowest BCUT2D eigenvalue weighted by atomic mass is 10.1. The summed E-state index contributed by atoms with van der Waals surface area (Å²) in [6.07, 6.45) is -1.04. The summed E-state index contributed by atoms with van der Waals surface area (Å²) in [5.41, 5.74) is 1.10. The van der Waals surface area contributed by atoms with Crippen molar-refractivity contribution in [2.75, 3.05) is 13.3 Å². The Hall–Kier alpha value is -3.00. The highest BCUT2D eigenvalue weighted by Crippen LogP contribution is 2.36. The fourth-order valence-electron chi connectivity index (χ4n) is 4.34. The van der Waals surface area contributed by atoms with E-state index in [4.69, 9.17) is 9.47 Å². The number of imidazole rings is 1. The summed E-state index contributed by atoms with van der Waals surface area (Å²) in [5.74, 6) is 1.74. The van der Waals surface area contributed by atoms with Gasteiger partial charge in [0.05, 0.1) is 5.69 Å². The predicted molar refractivity (Wildman–Crippen MR) is 129 cm³/mol. The van der Waals surface area contributed by atoms with E-state index in [9.17, 15) is 13.2 Å². The zero-order chi connectivity index (χ0) is 24.8. The van der Waals surface area contributed by atoms with Gasteiger partial charge in [-0.1, -0.05) is 63.1 Å². The number of fused-ring (bicyclic) bond motifs is 1. The van der Waals surface area contributed by atoms with E-state index in [1.165, 1.54) is 0 Å². The molecule has 0 bridgehead atoms. The highest BCUT2D eigenvalue weighted by atomic mass is 19.4. The van der Waals surface area contributed by atoms with E-state index in [1.807, 2.05) is 55.5 Å². The summed E-state index contributed by atoms with van der Waals surface area (Å²) < 4.78 is 55.4. The molecule has 3 aromatic rings. The first-order valence-corrected chi connectivity index (χ1v) is 12.2. The molecule has 0 fully saturated rings. The van der Waals surface area contributed by atoms with Crippen LogP contribution in [0.25, 0.3) is 11.4 Å². The smallest absolute Gasteiger partial charge is 0.435 e. The van der Waals surface area contributed by atoms with Gasteiger partial charge in [0.15, 0.2) is 17.2 Å². The fraction of sp³-hybridized carbons (Fsp3) is 0.444. The molecule has 0 radical (unpaired) electrons. The zero-order valence-electron chi connectivity index (χ0n) is 20.3. The second-order valence-corrected chi connectivity index (χ2v) is 8.85. The van der Waals surface area contributed by atoms with E-state index < -0.39 is 11.9 Å². The number of halogens is 3. The number of aromatic nitrogens is 2. The van der Waals surface area contributed by atoms with Crippen molar-refractivity contribution in [3.05, 3.63) is 65.5 Å². The Morgan fingerprint density at radius 3 is 2.40 bits per heavy atom. The number of alkyl halides is 3. The van der Waals surface area contributed by atoms with Crippen molar-refractivity contribution in [1.29, 1.82) is 0 Å². The van der Waals surface area contributed by atoms with Crippen LogP contribution in [0.2, 0.25) is 0 Å². The van der Waals surface area contributed by atoms with Gasteiger partial charge in [0.25, 0.3) is 0 Å². The van der Waals surface area contributed by atoms with Crippen LogP contribution in [0.3, 0.4) is 0 Å². The molecule has 2 aromatic carbocycles. The Morgan fingerprint density at radius 2 is 1.69 bits per heavy atom. The molecular formula is C27H32F3N3O2. The van der Waals surface area contributed by atoms with Crippen LogP contribution in [-0.4, -0.2) is 27.8 Å². The number of benzene rings is 2. The van der Waals surface area contributed by atoms with Crippen LogP contribution in [0.1, 0.15) is 56.5 Å². The normalized spacial score (nSPS) is 13.1. The van der Waals surface area contributed by atoms with Crippen LogP contribution in [0.4, 0.5) is 13.2 Å². The third kappa shape index (κ3) is 5.99. The fourth-order valence-corrected chi connectivity index (χ4v) is 4.34. The molecule has 0 aliphatic carbocycles. The highest BCUT2D eigenvalue weighted by molar-refractivity contribution is 5.57. The summed E-state index contributed by atoms with van der Waals surface area (Å²) in [7, 11) is 0. The van der Waals surface area contributed by atoms with Crippen LogP contribution >= 0.6 is 0 Å². The lowest BCUT2D eigenvalue weighted by Gasteiger charge is -2.24. The van der Waals surface area contributed by atoms with Crippen molar-refractivity contribution in [2.45, 2.75) is 65.3 Å². The standard InChI is InChI=1S/C27H32F3N3O2/c1-3-5-14-32(17-20-12-13-23-24(16-20)35-19-34-23)18-22-25(27(28,29)30)31-26(33(22)15-6-4-2)21-10-8-7-9-11-21/h7-13,16H,3-6,14-15,17-19H2,1-2H3. The van der Waals surface area contributed by atoms with Gasteiger partial charge in [-0.3, -0.25) is 4.90 Å². The first kappa shape index (κ1) is 25.1. The first-order chi connectivity index (χ1) is 16.9. The Balaban J connectivity index is 1.72. The molecule has 1 aliphatic heterocycles. The van der Waals surface area contributed by atoms with E-state index in [1.54, 1.807) is 4.57 Å². The van der Waals surface area contributed by atoms with Crippen LogP contribution in [0.15, 0.2) is 48.5 Å². The van der Waals surface area contributed by atoms with E-state index in [0.29, 0.717) is 42.5 Å². The maximum atomic E-state index is 14.2. The summed E-state index contributed by atoms with van der Waals surface area (Å²) in [4.78, 5) is 6.24. The molecule has 2 heterocycles. The van der Waals surface area contributed by atoms with Gasteiger partial charge in [0, 0.05) is 25.2 Å². The third-order valence-electron chi connectivity index (χ3n) is 6.15. The molecule has 0 saturated heterocycles. The quantitative estimate of drug-likeness (QED) is 0.295. The van der Waals surface area contributed by atoms with Gasteiger partial charge < -0.3 is 14.0 Å². The molecule has 5 nitrogen and oxygen atoms in total. The second-order valence-electron chi connectivity index (χ2n) is 8.85. The van der Waals surface area contributed by atoms with Gasteiger partial charge in [-0.2, -0.15) is 13.2 Å². The molecule has 8 heteroatoms. The topological polar surface area (TPSA) is 39.5 Å². The molecule has 4 rings (SSSR count). The molecule has 0 unspecified atom stereocenters. The maximum absolute atomic E-state index is 14.2. The third-order valence-corrected chi connectivity index (χ3v) is 6.15. The Morgan fingerprint density at radius 1 is 0.943 bits per heavy atom. The molecule has 1 aliphatic rings. The van der Waals surface area contributed by atoms with Gasteiger partial charge in [-0.15, -0.1) is 0 Å². The molecule has 1 aromatic heterocycles. The second kappa shape index (κ2) is 11.2. The van der Waals surface area contributed by atoms with Crippen molar-refractivity contribution in [3.63, 3.8) is 0 Å². The molecule has 35 heavy (non-hydrogen) atoms. The first-order valence-electron chi connectivity index (χ1n) is 12.2. The number of rotatable bonds is 11. The monoisotopic (exact) mass is 487 g/mol. The Kier molecular flexibility index (Phi) is 8.00. The SMILES string of the molecule is CCCCN(Cc1ccc2c(c1)OCO2)Cc1c(C(F)(F)F)nc(-c2ccccc2)n1CCCC. The van der Waals surface area contributed by atoms with Gasteiger partial charge in [0.1, 0.15) is 5.82 Å². The Labute approximate surface area is 204 Å². The van der Waals surface area contributed by atoms with Gasteiger partial charge >= 0.3 is 6.18 Å². The molecule has 188 valence electrons. The lowest BCUT2D eigenvalue weighted by molar-refractivity contribution is -0.141. The average molecular weight is 488 g/mol. The largest absolute Gasteiger partial charge is 0.454 e. The van der Waals surface area contributed by atoms with Crippen LogP contribution in [-0.2, 0) is 25.8 Å². The van der Waals surface area contributed by atoms with Gasteiger partial charge in [0.2, 0.25) is 6.79 Å². The minimum atomic E-state index is -4.54. The minimum Gasteiger partial charge on any atom is -0.454 e. The van der Waals surface area contributed by atoms with E-state index >= 15 is 0 Å². The molecular weight excluding hydrogens is 455 g/mol. The predicted octanol–water partition coefficient (Wildman–Crippen LogP) is 6.90. The number of hydrogen-bond donors (Lipinski definition) is 0. The number of nitrogens with zero attached hydrogens (tertiary/aromatic N) is 3. The summed E-state index contributed by atoms with van der Waals surface area (Å²) in [5, 5.41) is 0. The minimum absolute atomic E-state index is 0.160. The number of unbranched alkanes of at least 4 members (excludes halogenated alkanes) is 2. The van der Waals surface area contributed by atoms with Gasteiger partial charge in [-0.25, -0.2) is 4.98 Å². The molecule has 0 N–H and O–H groups in total. The number of hydrogen-bond acceptors (Lipinski definition) is 4. The van der Waals surface area contributed by atoms with Crippen LogP contribution in [0, 0.1) is 0 Å². The Bertz CT molecular complexity index is 1110. The highest BCUT2D eigenvalue weighted by Gasteiger charge is 2.39. The van der Waals surface area contributed by atoms with Crippen molar-refractivity contribution in [1.82, 2.24) is 14.5 Å². The van der Waals surface area contributed by atoms with Crippen LogP contribution < -0.4 is 9.47 Å². The molecule has 0 amide bonds. The molecule has 0 spiro atoms. The summed E-state index contributed by atoms with van der Waals surface area (Å²) in [6, 6.07) is 14.9.